The third-order valence-electron chi connectivity index (χ3n) is 6.27. The first-order valence-corrected chi connectivity index (χ1v) is 12.0. The molecule has 1 N–H and O–H groups in total. The summed E-state index contributed by atoms with van der Waals surface area (Å²) in [6.45, 7) is 6.05. The minimum Gasteiger partial charge on any atom is -0.478 e. The zero-order valence-electron chi connectivity index (χ0n) is 21.0. The molecule has 193 valence electrons. The third kappa shape index (κ3) is 5.56. The number of benzene rings is 3. The monoisotopic (exact) mass is 518 g/mol. The van der Waals surface area contributed by atoms with Crippen LogP contribution in [0.25, 0.3) is 22.3 Å². The lowest BCUT2D eigenvalue weighted by molar-refractivity contribution is -0.137. The summed E-state index contributed by atoms with van der Waals surface area (Å²) in [6, 6.07) is 14.6. The topological polar surface area (TPSA) is 79.9 Å². The van der Waals surface area contributed by atoms with Crippen molar-refractivity contribution in [1.82, 2.24) is 0 Å². The van der Waals surface area contributed by atoms with E-state index in [1.165, 1.54) is 12.1 Å². The van der Waals surface area contributed by atoms with E-state index in [1.807, 2.05) is 19.9 Å². The van der Waals surface area contributed by atoms with Crippen LogP contribution in [0.1, 0.15) is 52.3 Å². The first-order valence-electron chi connectivity index (χ1n) is 12.0. The van der Waals surface area contributed by atoms with Crippen molar-refractivity contribution in [3.05, 3.63) is 98.7 Å². The van der Waals surface area contributed by atoms with Crippen LogP contribution in [-0.2, 0) is 6.18 Å². The fourth-order valence-electron chi connectivity index (χ4n) is 4.25. The van der Waals surface area contributed by atoms with Crippen molar-refractivity contribution in [3.8, 4) is 11.3 Å². The molecule has 0 aliphatic heterocycles. The Morgan fingerprint density at radius 1 is 1.13 bits per heavy atom. The number of aryl methyl sites for hydroxylation is 1. The maximum Gasteiger partial charge on any atom is 0.416 e. The van der Waals surface area contributed by atoms with E-state index >= 15 is 0 Å². The molecule has 0 spiro atoms. The Hall–Kier alpha value is -4.14. The van der Waals surface area contributed by atoms with Gasteiger partial charge in [-0.2, -0.15) is 13.2 Å². The molecule has 0 fully saturated rings. The lowest BCUT2D eigenvalue weighted by Crippen LogP contribution is -2.27. The molecular weight excluding hydrogens is 494 g/mol. The molecule has 1 radical (unpaired) electrons. The number of aromatic carboxylic acids is 1. The van der Waals surface area contributed by atoms with Crippen LogP contribution < -0.4 is 10.9 Å². The molecule has 4 rings (SSSR count). The van der Waals surface area contributed by atoms with Crippen molar-refractivity contribution in [2.75, 3.05) is 6.54 Å². The van der Waals surface area contributed by atoms with Crippen LogP contribution in [0, 0.1) is 6.92 Å². The number of hydrogen-bond acceptors (Lipinski definition) is 4. The summed E-state index contributed by atoms with van der Waals surface area (Å²) < 4.78 is 47.5. The number of nitrogens with zero attached hydrogens (tertiary/aromatic N) is 1. The number of alkyl halides is 3. The van der Waals surface area contributed by atoms with Gasteiger partial charge in [0.15, 0.2) is 12.7 Å². The number of carboxylic acids is 1. The van der Waals surface area contributed by atoms with Gasteiger partial charge in [0.25, 0.3) is 0 Å². The Labute approximate surface area is 217 Å². The van der Waals surface area contributed by atoms with Crippen molar-refractivity contribution in [2.45, 2.75) is 32.8 Å². The Balaban J connectivity index is 1.91. The first kappa shape index (κ1) is 26.9. The second kappa shape index (κ2) is 10.7. The van der Waals surface area contributed by atoms with E-state index in [0.29, 0.717) is 17.6 Å². The van der Waals surface area contributed by atoms with Crippen LogP contribution in [0.3, 0.4) is 0 Å². The molecule has 1 heterocycles. The van der Waals surface area contributed by atoms with Crippen molar-refractivity contribution < 1.29 is 27.5 Å². The largest absolute Gasteiger partial charge is 0.478 e. The second-order valence-corrected chi connectivity index (χ2v) is 8.96. The molecule has 9 heteroatoms. The van der Waals surface area contributed by atoms with Gasteiger partial charge in [-0.05, 0) is 60.6 Å². The molecule has 0 amide bonds. The molecule has 0 aliphatic rings. The predicted octanol–water partition coefficient (Wildman–Crippen LogP) is 6.01. The highest BCUT2D eigenvalue weighted by Crippen LogP contribution is 2.36. The maximum atomic E-state index is 13.8. The van der Waals surface area contributed by atoms with E-state index in [4.69, 9.17) is 4.42 Å². The summed E-state index contributed by atoms with van der Waals surface area (Å²) in [5.41, 5.74) is 1.25. The van der Waals surface area contributed by atoms with Gasteiger partial charge in [0.1, 0.15) is 11.3 Å². The average molecular weight is 518 g/mol. The molecule has 0 bridgehead atoms. The van der Waals surface area contributed by atoms with Crippen LogP contribution in [0.4, 0.5) is 13.2 Å². The fraction of sp³-hybridized carbons (Fsp3) is 0.207. The number of hydrogen-bond donors (Lipinski definition) is 1. The smallest absolute Gasteiger partial charge is 0.416 e. The van der Waals surface area contributed by atoms with E-state index in [2.05, 4.69) is 4.99 Å². The van der Waals surface area contributed by atoms with Crippen LogP contribution >= 0.6 is 0 Å². The minimum absolute atomic E-state index is 0.0127. The van der Waals surface area contributed by atoms with Gasteiger partial charge in [0.2, 0.25) is 0 Å². The molecule has 5 nitrogen and oxygen atoms in total. The molecule has 0 saturated heterocycles. The van der Waals surface area contributed by atoms with Crippen LogP contribution in [-0.4, -0.2) is 31.1 Å². The van der Waals surface area contributed by atoms with Crippen molar-refractivity contribution in [1.29, 1.82) is 0 Å². The average Bonchev–Trinajstić information content (AvgIpc) is 2.87. The molecular formula is C29H24BF3NO4. The van der Waals surface area contributed by atoms with Gasteiger partial charge in [-0.25, -0.2) is 4.79 Å². The molecule has 3 aromatic carbocycles. The Kier molecular flexibility index (Phi) is 7.57. The van der Waals surface area contributed by atoms with Crippen molar-refractivity contribution in [3.63, 3.8) is 0 Å². The highest BCUT2D eigenvalue weighted by Gasteiger charge is 2.33. The van der Waals surface area contributed by atoms with E-state index in [0.717, 1.165) is 23.3 Å². The van der Waals surface area contributed by atoms with Gasteiger partial charge >= 0.3 is 12.1 Å². The molecule has 0 aliphatic carbocycles. The normalized spacial score (nSPS) is 12.7. The summed E-state index contributed by atoms with van der Waals surface area (Å²) in [4.78, 5) is 29.0. The summed E-state index contributed by atoms with van der Waals surface area (Å²) in [5, 5.41) is 9.33. The lowest BCUT2D eigenvalue weighted by atomic mass is 9.56. The summed E-state index contributed by atoms with van der Waals surface area (Å²) in [6.07, 6.45) is -2.98. The number of aliphatic imine (C=N–C) groups is 1. The number of rotatable bonds is 7. The molecule has 1 atom stereocenters. The number of carbonyl (C=O) groups is 1. The van der Waals surface area contributed by atoms with Gasteiger partial charge in [0, 0.05) is 24.4 Å². The summed E-state index contributed by atoms with van der Waals surface area (Å²) >= 11 is 0. The van der Waals surface area contributed by atoms with Gasteiger partial charge in [-0.3, -0.25) is 9.79 Å². The molecule has 1 aromatic heterocycles. The van der Waals surface area contributed by atoms with Gasteiger partial charge in [-0.1, -0.05) is 42.7 Å². The number of halogens is 3. The Morgan fingerprint density at radius 2 is 1.87 bits per heavy atom. The Bertz CT molecular complexity index is 1610. The van der Waals surface area contributed by atoms with Crippen LogP contribution in [0.2, 0.25) is 0 Å². The highest BCUT2D eigenvalue weighted by molar-refractivity contribution is 6.57. The molecule has 1 unspecified atom stereocenters. The molecule has 0 saturated carbocycles. The van der Waals surface area contributed by atoms with E-state index < -0.39 is 29.0 Å². The Morgan fingerprint density at radius 3 is 2.55 bits per heavy atom. The lowest BCUT2D eigenvalue weighted by Gasteiger charge is -2.18. The first-order chi connectivity index (χ1) is 18.0. The van der Waals surface area contributed by atoms with Crippen LogP contribution in [0.15, 0.2) is 74.9 Å². The SMILES string of the molecule is CCN=Cc1cc(-c2cc(=O)c3cc(C(F)(F)F)cc(C(C)[B]c4ccccc4C(=O)O)c3o2)ccc1C. The van der Waals surface area contributed by atoms with Gasteiger partial charge < -0.3 is 9.52 Å². The van der Waals surface area contributed by atoms with Gasteiger partial charge in [0.05, 0.1) is 16.5 Å². The number of carboxylic acid groups (broad SMARTS) is 1. The summed E-state index contributed by atoms with van der Waals surface area (Å²) in [5.74, 6) is -1.68. The van der Waals surface area contributed by atoms with Crippen molar-refractivity contribution >= 4 is 35.9 Å². The third-order valence-corrected chi connectivity index (χ3v) is 6.27. The number of fused-ring (bicyclic) bond motifs is 1. The standard InChI is InChI=1S/C29H24BF3NO4/c1-4-34-15-19-11-18(10-9-16(19)2)26-14-25(35)23-13-20(29(31,32)33)12-22(27(23)38-26)17(3)30-24-8-6-5-7-21(24)28(36)37/h5-15,17H,4H2,1-3H3,(H,36,37). The zero-order chi connectivity index (χ0) is 27.6. The minimum atomic E-state index is -4.70. The zero-order valence-corrected chi connectivity index (χ0v) is 21.0. The maximum absolute atomic E-state index is 13.8. The van der Waals surface area contributed by atoms with Crippen molar-refractivity contribution in [2.24, 2.45) is 4.99 Å². The summed E-state index contributed by atoms with van der Waals surface area (Å²) in [7, 11) is 1.55. The predicted molar refractivity (Wildman–Crippen MR) is 143 cm³/mol. The molecule has 4 aromatic rings. The van der Waals surface area contributed by atoms with E-state index in [1.54, 1.807) is 50.7 Å². The van der Waals surface area contributed by atoms with E-state index in [-0.39, 0.29) is 27.9 Å². The fourth-order valence-corrected chi connectivity index (χ4v) is 4.25. The quantitative estimate of drug-likeness (QED) is 0.240. The second-order valence-electron chi connectivity index (χ2n) is 8.96. The highest BCUT2D eigenvalue weighted by atomic mass is 19.4. The van der Waals surface area contributed by atoms with Crippen LogP contribution in [0.5, 0.6) is 0 Å². The molecule has 38 heavy (non-hydrogen) atoms. The van der Waals surface area contributed by atoms with E-state index in [9.17, 15) is 27.9 Å². The van der Waals surface area contributed by atoms with Gasteiger partial charge in [-0.15, -0.1) is 0 Å².